The van der Waals surface area contributed by atoms with Crippen molar-refractivity contribution in [3.05, 3.63) is 46.9 Å². The van der Waals surface area contributed by atoms with Crippen LogP contribution in [0.3, 0.4) is 0 Å². The largest absolute Gasteiger partial charge is 0.478 e. The van der Waals surface area contributed by atoms with Gasteiger partial charge in [0.15, 0.2) is 0 Å². The van der Waals surface area contributed by atoms with Crippen LogP contribution in [0, 0.1) is 12.7 Å². The van der Waals surface area contributed by atoms with Crippen molar-refractivity contribution < 1.29 is 14.3 Å². The Bertz CT molecular complexity index is 501. The average Bonchev–Trinajstić information content (AvgIpc) is 2.38. The van der Waals surface area contributed by atoms with E-state index in [2.05, 4.69) is 10.6 Å². The molecule has 0 bridgehead atoms. The van der Waals surface area contributed by atoms with Gasteiger partial charge in [-0.05, 0) is 37.6 Å². The summed E-state index contributed by atoms with van der Waals surface area (Å²) in [5.74, 6) is -1.27. The van der Waals surface area contributed by atoms with Gasteiger partial charge in [-0.25, -0.2) is 9.18 Å². The standard InChI is InChI=1S/C15H21FN2O2/c1-4-17-9-12-7-10(2)13(8-14(12)16)11(3)18-6-5-15(19)20/h5-8,11,17-18H,4,9H2,1-3H3,(H,19,20)/b6-5-. The van der Waals surface area contributed by atoms with Crippen LogP contribution in [-0.2, 0) is 11.3 Å². The van der Waals surface area contributed by atoms with E-state index in [4.69, 9.17) is 5.11 Å². The number of hydrogen-bond acceptors (Lipinski definition) is 3. The van der Waals surface area contributed by atoms with Gasteiger partial charge < -0.3 is 15.7 Å². The lowest BCUT2D eigenvalue weighted by Crippen LogP contribution is -2.16. The van der Waals surface area contributed by atoms with Crippen LogP contribution in [0.25, 0.3) is 0 Å². The molecule has 0 saturated heterocycles. The first-order chi connectivity index (χ1) is 9.45. The van der Waals surface area contributed by atoms with E-state index in [1.807, 2.05) is 26.8 Å². The Kier molecular flexibility index (Phi) is 6.18. The van der Waals surface area contributed by atoms with Crippen molar-refractivity contribution in [2.75, 3.05) is 6.54 Å². The smallest absolute Gasteiger partial charge is 0.329 e. The van der Waals surface area contributed by atoms with Crippen LogP contribution < -0.4 is 10.6 Å². The third-order valence-electron chi connectivity index (χ3n) is 3.04. The summed E-state index contributed by atoms with van der Waals surface area (Å²) in [6.45, 7) is 7.05. The number of halogens is 1. The minimum atomic E-state index is -1.02. The molecule has 0 aromatic heterocycles. The fraction of sp³-hybridized carbons (Fsp3) is 0.400. The number of carboxylic acid groups (broad SMARTS) is 1. The third-order valence-corrected chi connectivity index (χ3v) is 3.04. The zero-order chi connectivity index (χ0) is 15.1. The fourth-order valence-corrected chi connectivity index (χ4v) is 1.97. The summed E-state index contributed by atoms with van der Waals surface area (Å²) in [5.41, 5.74) is 2.43. The van der Waals surface area contributed by atoms with Gasteiger partial charge in [-0.2, -0.15) is 0 Å². The Labute approximate surface area is 118 Å². The lowest BCUT2D eigenvalue weighted by Gasteiger charge is -2.17. The highest BCUT2D eigenvalue weighted by atomic mass is 19.1. The molecule has 1 atom stereocenters. The molecule has 0 amide bonds. The number of nitrogens with one attached hydrogen (secondary N) is 2. The van der Waals surface area contributed by atoms with Crippen molar-refractivity contribution in [2.24, 2.45) is 0 Å². The van der Waals surface area contributed by atoms with E-state index in [-0.39, 0.29) is 11.9 Å². The molecule has 110 valence electrons. The molecule has 0 fully saturated rings. The molecule has 1 rings (SSSR count). The van der Waals surface area contributed by atoms with Crippen LogP contribution in [0.2, 0.25) is 0 Å². The van der Waals surface area contributed by atoms with Gasteiger partial charge in [-0.15, -0.1) is 0 Å². The molecule has 0 aliphatic rings. The molecule has 0 saturated carbocycles. The summed E-state index contributed by atoms with van der Waals surface area (Å²) in [5, 5.41) is 14.5. The maximum Gasteiger partial charge on any atom is 0.329 e. The molecule has 1 aromatic carbocycles. The Balaban J connectivity index is 2.85. The van der Waals surface area contributed by atoms with E-state index in [0.717, 1.165) is 23.7 Å². The van der Waals surface area contributed by atoms with Crippen LogP contribution in [0.5, 0.6) is 0 Å². The number of benzene rings is 1. The van der Waals surface area contributed by atoms with Crippen molar-refractivity contribution in [3.63, 3.8) is 0 Å². The van der Waals surface area contributed by atoms with Crippen molar-refractivity contribution in [1.82, 2.24) is 10.6 Å². The van der Waals surface area contributed by atoms with Crippen molar-refractivity contribution in [2.45, 2.75) is 33.4 Å². The summed E-state index contributed by atoms with van der Waals surface area (Å²) in [7, 11) is 0. The first-order valence-corrected chi connectivity index (χ1v) is 6.60. The van der Waals surface area contributed by atoms with Gasteiger partial charge in [-0.1, -0.05) is 13.0 Å². The van der Waals surface area contributed by atoms with Crippen molar-refractivity contribution in [3.8, 4) is 0 Å². The molecule has 0 aliphatic carbocycles. The van der Waals surface area contributed by atoms with Gasteiger partial charge >= 0.3 is 5.97 Å². The monoisotopic (exact) mass is 280 g/mol. The van der Waals surface area contributed by atoms with E-state index in [1.165, 1.54) is 12.3 Å². The number of rotatable bonds is 7. The highest BCUT2D eigenvalue weighted by molar-refractivity contribution is 5.79. The second kappa shape index (κ2) is 7.65. The SMILES string of the molecule is CCNCc1cc(C)c(C(C)N/C=C\C(=O)O)cc1F. The zero-order valence-corrected chi connectivity index (χ0v) is 12.0. The van der Waals surface area contributed by atoms with Gasteiger partial charge in [0.1, 0.15) is 5.82 Å². The quantitative estimate of drug-likeness (QED) is 0.672. The minimum Gasteiger partial charge on any atom is -0.478 e. The number of aryl methyl sites for hydroxylation is 1. The molecular formula is C15H21FN2O2. The number of hydrogen-bond donors (Lipinski definition) is 3. The third kappa shape index (κ3) is 4.66. The molecule has 4 nitrogen and oxygen atoms in total. The maximum atomic E-state index is 14.0. The van der Waals surface area contributed by atoms with Gasteiger partial charge in [0, 0.05) is 30.4 Å². The maximum absolute atomic E-state index is 14.0. The predicted octanol–water partition coefficient (Wildman–Crippen LogP) is 2.49. The van der Waals surface area contributed by atoms with Crippen LogP contribution in [0.15, 0.2) is 24.4 Å². The second-order valence-electron chi connectivity index (χ2n) is 4.64. The summed E-state index contributed by atoms with van der Waals surface area (Å²) >= 11 is 0. The average molecular weight is 280 g/mol. The zero-order valence-electron chi connectivity index (χ0n) is 12.0. The van der Waals surface area contributed by atoms with Gasteiger partial charge in [0.05, 0.1) is 0 Å². The normalized spacial score (nSPS) is 12.6. The highest BCUT2D eigenvalue weighted by Gasteiger charge is 2.11. The fourth-order valence-electron chi connectivity index (χ4n) is 1.97. The van der Waals surface area contributed by atoms with E-state index in [1.54, 1.807) is 0 Å². The van der Waals surface area contributed by atoms with Crippen molar-refractivity contribution in [1.29, 1.82) is 0 Å². The van der Waals surface area contributed by atoms with E-state index in [0.29, 0.717) is 12.1 Å². The first kappa shape index (κ1) is 16.2. The lowest BCUT2D eigenvalue weighted by molar-refractivity contribution is -0.131. The van der Waals surface area contributed by atoms with E-state index < -0.39 is 5.97 Å². The molecule has 1 unspecified atom stereocenters. The van der Waals surface area contributed by atoms with E-state index >= 15 is 0 Å². The summed E-state index contributed by atoms with van der Waals surface area (Å²) in [6.07, 6.45) is 2.37. The van der Waals surface area contributed by atoms with Crippen molar-refractivity contribution >= 4 is 5.97 Å². The molecule has 0 radical (unpaired) electrons. The first-order valence-electron chi connectivity index (χ1n) is 6.60. The highest BCUT2D eigenvalue weighted by Crippen LogP contribution is 2.21. The van der Waals surface area contributed by atoms with Gasteiger partial charge in [0.2, 0.25) is 0 Å². The molecule has 1 aromatic rings. The topological polar surface area (TPSA) is 61.4 Å². The van der Waals surface area contributed by atoms with Gasteiger partial charge in [0.25, 0.3) is 0 Å². The molecular weight excluding hydrogens is 259 g/mol. The molecule has 3 N–H and O–H groups in total. The predicted molar refractivity (Wildman–Crippen MR) is 76.8 cm³/mol. The Morgan fingerprint density at radius 3 is 2.80 bits per heavy atom. The molecule has 0 spiro atoms. The molecule has 5 heteroatoms. The summed E-state index contributed by atoms with van der Waals surface area (Å²) in [4.78, 5) is 10.4. The molecule has 20 heavy (non-hydrogen) atoms. The molecule has 0 aliphatic heterocycles. The van der Waals surface area contributed by atoms with E-state index in [9.17, 15) is 9.18 Å². The van der Waals surface area contributed by atoms with Crippen LogP contribution in [0.1, 0.15) is 36.6 Å². The summed E-state index contributed by atoms with van der Waals surface area (Å²) in [6, 6.07) is 3.18. The van der Waals surface area contributed by atoms with Crippen LogP contribution >= 0.6 is 0 Å². The number of carboxylic acids is 1. The Morgan fingerprint density at radius 2 is 2.20 bits per heavy atom. The van der Waals surface area contributed by atoms with Gasteiger partial charge in [-0.3, -0.25) is 0 Å². The Hall–Kier alpha value is -1.88. The Morgan fingerprint density at radius 1 is 1.50 bits per heavy atom. The summed E-state index contributed by atoms with van der Waals surface area (Å²) < 4.78 is 14.0. The number of carbonyl (C=O) groups is 1. The van der Waals surface area contributed by atoms with Crippen LogP contribution in [-0.4, -0.2) is 17.6 Å². The number of aliphatic carboxylic acids is 1. The lowest BCUT2D eigenvalue weighted by atomic mass is 9.99. The second-order valence-corrected chi connectivity index (χ2v) is 4.64. The molecule has 0 heterocycles. The van der Waals surface area contributed by atoms with Crippen LogP contribution in [0.4, 0.5) is 4.39 Å². The minimum absolute atomic E-state index is 0.159.